The van der Waals surface area contributed by atoms with Crippen molar-refractivity contribution in [2.45, 2.75) is 31.7 Å². The van der Waals surface area contributed by atoms with Crippen LogP contribution in [0.5, 0.6) is 0 Å². The predicted octanol–water partition coefficient (Wildman–Crippen LogP) is 2.78. The van der Waals surface area contributed by atoms with Crippen LogP contribution in [0.15, 0.2) is 24.5 Å². The average Bonchev–Trinajstić information content (AvgIpc) is 3.38. The summed E-state index contributed by atoms with van der Waals surface area (Å²) in [6.45, 7) is 0. The van der Waals surface area contributed by atoms with Crippen LogP contribution < -0.4 is 10.8 Å². The Balaban J connectivity index is 1.49. The third-order valence-corrected chi connectivity index (χ3v) is 7.52. The van der Waals surface area contributed by atoms with Crippen LogP contribution in [0.1, 0.15) is 25.7 Å². The van der Waals surface area contributed by atoms with E-state index in [0.29, 0.717) is 39.9 Å². The molecular weight excluding hydrogens is 439 g/mol. The molecule has 34 heavy (non-hydrogen) atoms. The molecule has 10 nitrogen and oxygen atoms in total. The Bertz CT molecular complexity index is 1420. The first kappa shape index (κ1) is 21.0. The Morgan fingerprint density at radius 3 is 2.65 bits per heavy atom. The number of anilines is 1. The van der Waals surface area contributed by atoms with E-state index in [1.54, 1.807) is 11.7 Å². The molecule has 3 N–H and O–H groups in total. The van der Waals surface area contributed by atoms with Gasteiger partial charge in [-0.05, 0) is 49.7 Å². The van der Waals surface area contributed by atoms with Crippen molar-refractivity contribution in [2.75, 3.05) is 5.32 Å². The fourth-order valence-corrected chi connectivity index (χ4v) is 5.90. The van der Waals surface area contributed by atoms with Crippen molar-refractivity contribution in [3.8, 4) is 11.5 Å². The molecule has 0 aliphatic heterocycles. The van der Waals surface area contributed by atoms with E-state index in [1.165, 1.54) is 6.07 Å². The maximum atomic E-state index is 14.0. The monoisotopic (exact) mass is 464 g/mol. The Labute approximate surface area is 194 Å². The number of aromatic nitrogens is 6. The number of rotatable bonds is 4. The van der Waals surface area contributed by atoms with E-state index in [-0.39, 0.29) is 23.8 Å². The van der Waals surface area contributed by atoms with Crippen molar-refractivity contribution in [1.82, 2.24) is 34.8 Å². The highest BCUT2D eigenvalue weighted by Gasteiger charge is 2.47. The molecule has 2 bridgehead atoms. The number of nitrogens with one attached hydrogen (secondary N) is 2. The molecular formula is C23H25FN8O2. The van der Waals surface area contributed by atoms with Gasteiger partial charge in [-0.15, -0.1) is 0 Å². The van der Waals surface area contributed by atoms with Gasteiger partial charge in [-0.1, -0.05) is 0 Å². The SMILES string of the molecule is Cn1ccc2c(N[C@H]3C4CCC(CC4)[C@@H]3C(=O)NO)nc(-c3nn(C)c4ncc(F)cc34)nc21. The van der Waals surface area contributed by atoms with Crippen molar-refractivity contribution >= 4 is 33.8 Å². The molecule has 0 radical (unpaired) electrons. The number of halogens is 1. The molecule has 4 heterocycles. The lowest BCUT2D eigenvalue weighted by Gasteiger charge is -2.47. The smallest absolute Gasteiger partial charge is 0.248 e. The first-order chi connectivity index (χ1) is 16.4. The van der Waals surface area contributed by atoms with E-state index in [9.17, 15) is 14.4 Å². The van der Waals surface area contributed by atoms with E-state index in [4.69, 9.17) is 9.97 Å². The standard InChI is InChI=1S/C23H25FN8O2/c1-31-8-7-14-19(26-17-12-5-3-11(4-6-12)16(17)23(33)30-34)27-20(28-22(14)31)18-15-9-13(24)10-25-21(15)32(2)29-18/h7-12,16-17,34H,3-6H2,1-2H3,(H,30,33)(H,26,27,28)/t11?,12?,16-,17-/m0/s1. The quantitative estimate of drug-likeness (QED) is 0.313. The number of amides is 1. The van der Waals surface area contributed by atoms with Gasteiger partial charge in [0.2, 0.25) is 5.91 Å². The van der Waals surface area contributed by atoms with Gasteiger partial charge in [0, 0.05) is 26.3 Å². The van der Waals surface area contributed by atoms with E-state index >= 15 is 0 Å². The zero-order chi connectivity index (χ0) is 23.6. The molecule has 0 saturated heterocycles. The van der Waals surface area contributed by atoms with Crippen LogP contribution >= 0.6 is 0 Å². The summed E-state index contributed by atoms with van der Waals surface area (Å²) in [7, 11) is 3.64. The minimum absolute atomic E-state index is 0.162. The molecule has 4 aromatic heterocycles. The molecule has 11 heteroatoms. The van der Waals surface area contributed by atoms with Gasteiger partial charge >= 0.3 is 0 Å². The molecule has 1 amide bonds. The minimum atomic E-state index is -0.462. The fourth-order valence-electron chi connectivity index (χ4n) is 5.90. The van der Waals surface area contributed by atoms with Crippen LogP contribution in [0.25, 0.3) is 33.6 Å². The summed E-state index contributed by atoms with van der Waals surface area (Å²) in [6.07, 6.45) is 7.08. The zero-order valence-electron chi connectivity index (χ0n) is 18.9. The lowest BCUT2D eigenvalue weighted by Crippen LogP contribution is -2.54. The largest absolute Gasteiger partial charge is 0.366 e. The third kappa shape index (κ3) is 3.14. The van der Waals surface area contributed by atoms with Crippen molar-refractivity contribution in [1.29, 1.82) is 0 Å². The Hall–Kier alpha value is -3.60. The lowest BCUT2D eigenvalue weighted by molar-refractivity contribution is -0.139. The molecule has 0 unspecified atom stereocenters. The zero-order valence-corrected chi connectivity index (χ0v) is 18.9. The number of pyridine rings is 1. The summed E-state index contributed by atoms with van der Waals surface area (Å²) in [4.78, 5) is 26.3. The Morgan fingerprint density at radius 1 is 1.12 bits per heavy atom. The maximum absolute atomic E-state index is 14.0. The van der Waals surface area contributed by atoms with Gasteiger partial charge in [0.1, 0.15) is 23.0 Å². The molecule has 3 fully saturated rings. The molecule has 4 aromatic rings. The summed E-state index contributed by atoms with van der Waals surface area (Å²) < 4.78 is 17.5. The summed E-state index contributed by atoms with van der Waals surface area (Å²) >= 11 is 0. The van der Waals surface area contributed by atoms with Gasteiger partial charge in [0.15, 0.2) is 11.5 Å². The average molecular weight is 465 g/mol. The van der Waals surface area contributed by atoms with Gasteiger partial charge in [-0.2, -0.15) is 5.10 Å². The number of hydrogen-bond acceptors (Lipinski definition) is 7. The normalized spacial score (nSPS) is 24.1. The van der Waals surface area contributed by atoms with Gasteiger partial charge in [0.05, 0.1) is 22.9 Å². The number of nitrogens with zero attached hydrogens (tertiary/aromatic N) is 6. The predicted molar refractivity (Wildman–Crippen MR) is 122 cm³/mol. The molecule has 3 aliphatic rings. The minimum Gasteiger partial charge on any atom is -0.366 e. The summed E-state index contributed by atoms with van der Waals surface area (Å²) in [6, 6.07) is 3.16. The first-order valence-corrected chi connectivity index (χ1v) is 11.5. The summed E-state index contributed by atoms with van der Waals surface area (Å²) in [5, 5.41) is 18.8. The molecule has 3 saturated carbocycles. The highest BCUT2D eigenvalue weighted by atomic mass is 19.1. The second kappa shape index (κ2) is 7.73. The molecule has 0 aromatic carbocycles. The Morgan fingerprint density at radius 2 is 1.88 bits per heavy atom. The van der Waals surface area contributed by atoms with Crippen molar-refractivity contribution in [3.63, 3.8) is 0 Å². The molecule has 0 spiro atoms. The van der Waals surface area contributed by atoms with Gasteiger partial charge in [-0.3, -0.25) is 10.0 Å². The van der Waals surface area contributed by atoms with E-state index in [2.05, 4.69) is 15.4 Å². The van der Waals surface area contributed by atoms with Crippen LogP contribution in [0.2, 0.25) is 0 Å². The summed E-state index contributed by atoms with van der Waals surface area (Å²) in [5.41, 5.74) is 3.53. The number of aryl methyl sites for hydroxylation is 2. The first-order valence-electron chi connectivity index (χ1n) is 11.5. The van der Waals surface area contributed by atoms with Crippen LogP contribution in [-0.2, 0) is 18.9 Å². The van der Waals surface area contributed by atoms with E-state index < -0.39 is 5.82 Å². The lowest BCUT2D eigenvalue weighted by atomic mass is 9.61. The number of hydroxylamine groups is 1. The third-order valence-electron chi connectivity index (χ3n) is 7.52. The van der Waals surface area contributed by atoms with Crippen LogP contribution in [0.3, 0.4) is 0 Å². The summed E-state index contributed by atoms with van der Waals surface area (Å²) in [5.74, 6) is 0.299. The van der Waals surface area contributed by atoms with Crippen molar-refractivity contribution in [2.24, 2.45) is 31.8 Å². The molecule has 2 atom stereocenters. The van der Waals surface area contributed by atoms with Crippen molar-refractivity contribution < 1.29 is 14.4 Å². The van der Waals surface area contributed by atoms with Gasteiger partial charge in [-0.25, -0.2) is 29.5 Å². The van der Waals surface area contributed by atoms with Crippen LogP contribution in [0, 0.1) is 23.6 Å². The molecule has 3 aliphatic carbocycles. The number of carbonyl (C=O) groups excluding carboxylic acids is 1. The number of fused-ring (bicyclic) bond motifs is 5. The second-order valence-corrected chi connectivity index (χ2v) is 9.40. The van der Waals surface area contributed by atoms with E-state index in [1.807, 2.05) is 29.4 Å². The number of carbonyl (C=O) groups is 1. The molecule has 176 valence electrons. The van der Waals surface area contributed by atoms with Crippen molar-refractivity contribution in [3.05, 3.63) is 30.3 Å². The maximum Gasteiger partial charge on any atom is 0.248 e. The fraction of sp³-hybridized carbons (Fsp3) is 0.435. The highest BCUT2D eigenvalue weighted by Crippen LogP contribution is 2.46. The van der Waals surface area contributed by atoms with E-state index in [0.717, 1.165) is 37.3 Å². The van der Waals surface area contributed by atoms with Gasteiger partial charge < -0.3 is 9.88 Å². The second-order valence-electron chi connectivity index (χ2n) is 9.40. The van der Waals surface area contributed by atoms with Gasteiger partial charge in [0.25, 0.3) is 0 Å². The van der Waals surface area contributed by atoms with Crippen LogP contribution in [-0.4, -0.2) is 46.5 Å². The molecule has 7 rings (SSSR count). The topological polar surface area (TPSA) is 123 Å². The Kier molecular flexibility index (Phi) is 4.76. The van der Waals surface area contributed by atoms with Crippen LogP contribution in [0.4, 0.5) is 10.2 Å². The number of hydrogen-bond donors (Lipinski definition) is 3. The highest BCUT2D eigenvalue weighted by molar-refractivity contribution is 5.94.